The molecule has 34 heavy (non-hydrogen) atoms. The Hall–Kier alpha value is -3.35. The molecule has 7 nitrogen and oxygen atoms in total. The van der Waals surface area contributed by atoms with Gasteiger partial charge in [0.2, 0.25) is 5.91 Å². The van der Waals surface area contributed by atoms with Gasteiger partial charge in [0, 0.05) is 18.4 Å². The van der Waals surface area contributed by atoms with Crippen molar-refractivity contribution in [2.75, 3.05) is 13.2 Å². The normalized spacial score (nSPS) is 16.5. The van der Waals surface area contributed by atoms with Gasteiger partial charge in [-0.15, -0.1) is 0 Å². The number of fused-ring (bicyclic) bond motifs is 3. The predicted molar refractivity (Wildman–Crippen MR) is 128 cm³/mol. The largest absolute Gasteiger partial charge is 0.481 e. The molecule has 0 spiro atoms. The molecule has 180 valence electrons. The summed E-state index contributed by atoms with van der Waals surface area (Å²) in [5.74, 6) is -1.25. The molecule has 2 aliphatic rings. The van der Waals surface area contributed by atoms with Crippen LogP contribution < -0.4 is 10.6 Å². The Morgan fingerprint density at radius 3 is 2.24 bits per heavy atom. The molecule has 1 fully saturated rings. The standard InChI is InChI=1S/C27H32N2O5/c1-18(25(32)29-27(13-7-14-27)16-24(30)31)8-6-15-28-26(33)34-17-23-21-11-4-2-9-19(21)20-10-3-5-12-22(20)23/h2-5,9-12,18,23H,6-8,13-17H2,1H3,(H,28,33)(H,29,32)(H,30,31). The van der Waals surface area contributed by atoms with Crippen molar-refractivity contribution < 1.29 is 24.2 Å². The van der Waals surface area contributed by atoms with Crippen molar-refractivity contribution in [3.63, 3.8) is 0 Å². The fourth-order valence-electron chi connectivity index (χ4n) is 5.00. The molecule has 0 radical (unpaired) electrons. The first-order valence-electron chi connectivity index (χ1n) is 12.0. The number of alkyl carbamates (subject to hydrolysis) is 1. The molecule has 1 unspecified atom stereocenters. The maximum atomic E-state index is 12.5. The molecule has 2 aliphatic carbocycles. The second-order valence-electron chi connectivity index (χ2n) is 9.49. The zero-order valence-corrected chi connectivity index (χ0v) is 19.5. The average Bonchev–Trinajstić information content (AvgIpc) is 3.12. The molecule has 2 aromatic rings. The molecule has 0 aromatic heterocycles. The van der Waals surface area contributed by atoms with Crippen LogP contribution in [0.5, 0.6) is 0 Å². The van der Waals surface area contributed by atoms with Crippen molar-refractivity contribution in [1.29, 1.82) is 0 Å². The van der Waals surface area contributed by atoms with Gasteiger partial charge in [-0.3, -0.25) is 9.59 Å². The van der Waals surface area contributed by atoms with Crippen LogP contribution in [-0.4, -0.2) is 41.8 Å². The Labute approximate surface area is 199 Å². The Morgan fingerprint density at radius 1 is 1.06 bits per heavy atom. The lowest BCUT2D eigenvalue weighted by molar-refractivity contribution is -0.140. The van der Waals surface area contributed by atoms with Gasteiger partial charge in [0.25, 0.3) is 0 Å². The zero-order chi connectivity index (χ0) is 24.1. The Morgan fingerprint density at radius 2 is 1.68 bits per heavy atom. The Kier molecular flexibility index (Phi) is 7.20. The highest BCUT2D eigenvalue weighted by molar-refractivity contribution is 5.81. The van der Waals surface area contributed by atoms with E-state index < -0.39 is 17.6 Å². The molecular formula is C27H32N2O5. The summed E-state index contributed by atoms with van der Waals surface area (Å²) in [4.78, 5) is 35.9. The van der Waals surface area contributed by atoms with Crippen LogP contribution in [0.15, 0.2) is 48.5 Å². The summed E-state index contributed by atoms with van der Waals surface area (Å²) in [5, 5.41) is 14.8. The van der Waals surface area contributed by atoms with Gasteiger partial charge < -0.3 is 20.5 Å². The molecule has 3 N–H and O–H groups in total. The molecule has 0 saturated heterocycles. The number of ether oxygens (including phenoxy) is 1. The molecular weight excluding hydrogens is 432 g/mol. The monoisotopic (exact) mass is 464 g/mol. The van der Waals surface area contributed by atoms with Gasteiger partial charge >= 0.3 is 12.1 Å². The molecule has 2 amide bonds. The van der Waals surface area contributed by atoms with E-state index in [1.54, 1.807) is 0 Å². The summed E-state index contributed by atoms with van der Waals surface area (Å²) < 4.78 is 5.53. The van der Waals surface area contributed by atoms with Crippen LogP contribution in [0.4, 0.5) is 4.79 Å². The van der Waals surface area contributed by atoms with Crippen LogP contribution in [0.3, 0.4) is 0 Å². The lowest BCUT2D eigenvalue weighted by Gasteiger charge is -2.42. The molecule has 0 bridgehead atoms. The third-order valence-electron chi connectivity index (χ3n) is 7.06. The van der Waals surface area contributed by atoms with Gasteiger partial charge in [-0.25, -0.2) is 4.79 Å². The predicted octanol–water partition coefficient (Wildman–Crippen LogP) is 4.46. The highest BCUT2D eigenvalue weighted by Gasteiger charge is 2.40. The fourth-order valence-corrected chi connectivity index (χ4v) is 5.00. The van der Waals surface area contributed by atoms with E-state index in [0.717, 1.165) is 6.42 Å². The third-order valence-corrected chi connectivity index (χ3v) is 7.06. The molecule has 1 atom stereocenters. The topological polar surface area (TPSA) is 105 Å². The lowest BCUT2D eigenvalue weighted by Crippen LogP contribution is -2.55. The number of amides is 2. The summed E-state index contributed by atoms with van der Waals surface area (Å²) in [6, 6.07) is 16.4. The van der Waals surface area contributed by atoms with E-state index in [9.17, 15) is 14.4 Å². The number of carbonyl (C=O) groups excluding carboxylic acids is 2. The summed E-state index contributed by atoms with van der Waals surface area (Å²) in [5.41, 5.74) is 4.13. The number of benzene rings is 2. The van der Waals surface area contributed by atoms with Crippen LogP contribution in [0, 0.1) is 5.92 Å². The van der Waals surface area contributed by atoms with Gasteiger partial charge in [0.05, 0.1) is 12.0 Å². The van der Waals surface area contributed by atoms with Gasteiger partial charge in [0.1, 0.15) is 6.61 Å². The van der Waals surface area contributed by atoms with Gasteiger partial charge in [0.15, 0.2) is 0 Å². The summed E-state index contributed by atoms with van der Waals surface area (Å²) in [7, 11) is 0. The maximum absolute atomic E-state index is 12.5. The van der Waals surface area contributed by atoms with Gasteiger partial charge in [-0.2, -0.15) is 0 Å². The van der Waals surface area contributed by atoms with E-state index in [1.165, 1.54) is 22.3 Å². The molecule has 2 aromatic carbocycles. The summed E-state index contributed by atoms with van der Waals surface area (Å²) >= 11 is 0. The van der Waals surface area contributed by atoms with Crippen molar-refractivity contribution in [1.82, 2.24) is 10.6 Å². The van der Waals surface area contributed by atoms with Crippen LogP contribution in [0.2, 0.25) is 0 Å². The van der Waals surface area contributed by atoms with E-state index in [4.69, 9.17) is 9.84 Å². The smallest absolute Gasteiger partial charge is 0.407 e. The third kappa shape index (κ3) is 5.24. The fraction of sp³-hybridized carbons (Fsp3) is 0.444. The quantitative estimate of drug-likeness (QED) is 0.451. The van der Waals surface area contributed by atoms with Crippen molar-refractivity contribution in [3.8, 4) is 11.1 Å². The second kappa shape index (κ2) is 10.3. The van der Waals surface area contributed by atoms with E-state index >= 15 is 0 Å². The van der Waals surface area contributed by atoms with E-state index in [2.05, 4.69) is 34.9 Å². The summed E-state index contributed by atoms with van der Waals surface area (Å²) in [6.45, 7) is 2.51. The number of nitrogens with one attached hydrogen (secondary N) is 2. The number of aliphatic carboxylic acids is 1. The Bertz CT molecular complexity index is 1020. The molecule has 7 heteroatoms. The molecule has 0 heterocycles. The number of carboxylic acids is 1. The minimum absolute atomic E-state index is 0.0199. The first-order valence-corrected chi connectivity index (χ1v) is 12.0. The minimum Gasteiger partial charge on any atom is -0.481 e. The van der Waals surface area contributed by atoms with Crippen molar-refractivity contribution in [3.05, 3.63) is 59.7 Å². The molecule has 1 saturated carbocycles. The highest BCUT2D eigenvalue weighted by atomic mass is 16.5. The van der Waals surface area contributed by atoms with Gasteiger partial charge in [-0.05, 0) is 54.4 Å². The van der Waals surface area contributed by atoms with E-state index in [-0.39, 0.29) is 30.8 Å². The van der Waals surface area contributed by atoms with Crippen LogP contribution >= 0.6 is 0 Å². The van der Waals surface area contributed by atoms with Crippen LogP contribution in [-0.2, 0) is 14.3 Å². The number of hydrogen-bond donors (Lipinski definition) is 3. The average molecular weight is 465 g/mol. The molecule has 4 rings (SSSR count). The molecule has 0 aliphatic heterocycles. The summed E-state index contributed by atoms with van der Waals surface area (Å²) in [6.07, 6.45) is 3.08. The number of rotatable bonds is 10. The number of carboxylic acid groups (broad SMARTS) is 1. The first kappa shape index (κ1) is 23.8. The van der Waals surface area contributed by atoms with Crippen molar-refractivity contribution in [2.24, 2.45) is 5.92 Å². The Balaban J connectivity index is 1.19. The zero-order valence-electron chi connectivity index (χ0n) is 19.5. The van der Waals surface area contributed by atoms with E-state index in [1.807, 2.05) is 31.2 Å². The van der Waals surface area contributed by atoms with Crippen LogP contribution in [0.1, 0.15) is 62.5 Å². The van der Waals surface area contributed by atoms with Crippen molar-refractivity contribution in [2.45, 2.75) is 56.9 Å². The minimum atomic E-state index is -0.889. The van der Waals surface area contributed by atoms with Gasteiger partial charge in [-0.1, -0.05) is 55.5 Å². The number of carbonyl (C=O) groups is 3. The first-order chi connectivity index (χ1) is 16.4. The maximum Gasteiger partial charge on any atom is 0.407 e. The number of hydrogen-bond acceptors (Lipinski definition) is 4. The van der Waals surface area contributed by atoms with E-state index in [0.29, 0.717) is 32.2 Å². The van der Waals surface area contributed by atoms with Crippen LogP contribution in [0.25, 0.3) is 11.1 Å². The van der Waals surface area contributed by atoms with Crippen molar-refractivity contribution >= 4 is 18.0 Å². The highest BCUT2D eigenvalue weighted by Crippen LogP contribution is 2.44. The SMILES string of the molecule is CC(CCCNC(=O)OCC1c2ccccc2-c2ccccc21)C(=O)NC1(CC(=O)O)CCC1. The lowest BCUT2D eigenvalue weighted by atomic mass is 9.74. The second-order valence-corrected chi connectivity index (χ2v) is 9.49.